The zero-order valence-electron chi connectivity index (χ0n) is 11.7. The Balaban J connectivity index is 2.08. The highest BCUT2D eigenvalue weighted by atomic mass is 16.5. The highest BCUT2D eigenvalue weighted by molar-refractivity contribution is 5.53. The van der Waals surface area contributed by atoms with E-state index in [0.29, 0.717) is 11.7 Å². The molecule has 5 heteroatoms. The monoisotopic (exact) mass is 260 g/mol. The van der Waals surface area contributed by atoms with Crippen molar-refractivity contribution < 1.29 is 4.52 Å². The third-order valence-electron chi connectivity index (χ3n) is 2.94. The Kier molecular flexibility index (Phi) is 4.27. The van der Waals surface area contributed by atoms with Crippen LogP contribution in [0.25, 0.3) is 11.5 Å². The summed E-state index contributed by atoms with van der Waals surface area (Å²) in [6.45, 7) is 6.01. The number of aryl methyl sites for hydroxylation is 3. The van der Waals surface area contributed by atoms with E-state index in [4.69, 9.17) is 10.3 Å². The maximum absolute atomic E-state index is 5.71. The fraction of sp³-hybridized carbons (Fsp3) is 0.500. The van der Waals surface area contributed by atoms with Crippen molar-refractivity contribution in [1.29, 1.82) is 0 Å². The number of nitrogens with zero attached hydrogens (tertiary/aromatic N) is 3. The largest absolute Gasteiger partial charge is 0.339 e. The molecule has 1 unspecified atom stereocenters. The van der Waals surface area contributed by atoms with Crippen molar-refractivity contribution in [2.24, 2.45) is 5.73 Å². The summed E-state index contributed by atoms with van der Waals surface area (Å²) in [4.78, 5) is 8.75. The molecule has 5 nitrogen and oxygen atoms in total. The van der Waals surface area contributed by atoms with Gasteiger partial charge in [0.2, 0.25) is 11.7 Å². The summed E-state index contributed by atoms with van der Waals surface area (Å²) < 4.78 is 5.24. The molecule has 0 saturated carbocycles. The Labute approximate surface area is 113 Å². The predicted octanol–water partition coefficient (Wildman–Crippen LogP) is 2.42. The lowest BCUT2D eigenvalue weighted by Gasteiger charge is -2.01. The lowest BCUT2D eigenvalue weighted by Crippen LogP contribution is -2.14. The van der Waals surface area contributed by atoms with Gasteiger partial charge in [-0.3, -0.25) is 4.98 Å². The number of hydrogen-bond acceptors (Lipinski definition) is 5. The Morgan fingerprint density at radius 2 is 2.16 bits per heavy atom. The second kappa shape index (κ2) is 5.93. The first-order chi connectivity index (χ1) is 9.06. The van der Waals surface area contributed by atoms with Crippen LogP contribution in [0.3, 0.4) is 0 Å². The number of pyridine rings is 1. The van der Waals surface area contributed by atoms with E-state index < -0.39 is 0 Å². The average molecular weight is 260 g/mol. The molecule has 2 heterocycles. The molecule has 0 aliphatic carbocycles. The van der Waals surface area contributed by atoms with Gasteiger partial charge in [0, 0.05) is 18.7 Å². The Morgan fingerprint density at radius 3 is 2.84 bits per heavy atom. The van der Waals surface area contributed by atoms with E-state index in [1.165, 1.54) is 0 Å². The molecule has 19 heavy (non-hydrogen) atoms. The van der Waals surface area contributed by atoms with Crippen LogP contribution in [0.4, 0.5) is 0 Å². The standard InChI is InChI=1S/C14H20N4O/c1-9-7-10(2)13(16-8-9)14-17-12(19-18-14)6-4-5-11(3)15/h7-8,11H,4-6,15H2,1-3H3. The summed E-state index contributed by atoms with van der Waals surface area (Å²) in [6.07, 6.45) is 4.49. The maximum atomic E-state index is 5.71. The molecule has 0 fully saturated rings. The van der Waals surface area contributed by atoms with Crippen LogP contribution in [0.15, 0.2) is 16.8 Å². The predicted molar refractivity (Wildman–Crippen MR) is 73.6 cm³/mol. The SMILES string of the molecule is Cc1cnc(-c2noc(CCCC(C)N)n2)c(C)c1. The number of rotatable bonds is 5. The zero-order valence-corrected chi connectivity index (χ0v) is 11.7. The molecule has 2 aromatic rings. The number of nitrogens with two attached hydrogens (primary N) is 1. The van der Waals surface area contributed by atoms with Crippen LogP contribution in [-0.4, -0.2) is 21.2 Å². The van der Waals surface area contributed by atoms with Gasteiger partial charge in [0.1, 0.15) is 5.69 Å². The molecule has 102 valence electrons. The second-order valence-electron chi connectivity index (χ2n) is 5.06. The minimum absolute atomic E-state index is 0.211. The van der Waals surface area contributed by atoms with Gasteiger partial charge in [0.05, 0.1) is 0 Å². The third kappa shape index (κ3) is 3.61. The summed E-state index contributed by atoms with van der Waals surface area (Å²) in [5.41, 5.74) is 8.68. The zero-order chi connectivity index (χ0) is 13.8. The van der Waals surface area contributed by atoms with E-state index in [0.717, 1.165) is 36.1 Å². The van der Waals surface area contributed by atoms with Crippen LogP contribution in [0.1, 0.15) is 36.8 Å². The van der Waals surface area contributed by atoms with Crippen molar-refractivity contribution >= 4 is 0 Å². The van der Waals surface area contributed by atoms with Crippen molar-refractivity contribution in [1.82, 2.24) is 15.1 Å². The number of hydrogen-bond donors (Lipinski definition) is 1. The fourth-order valence-corrected chi connectivity index (χ4v) is 1.98. The summed E-state index contributed by atoms with van der Waals surface area (Å²) >= 11 is 0. The molecule has 0 amide bonds. The van der Waals surface area contributed by atoms with Gasteiger partial charge in [-0.05, 0) is 44.7 Å². The molecule has 0 aromatic carbocycles. The van der Waals surface area contributed by atoms with E-state index in [2.05, 4.69) is 21.2 Å². The minimum Gasteiger partial charge on any atom is -0.339 e. The van der Waals surface area contributed by atoms with E-state index in [9.17, 15) is 0 Å². The van der Waals surface area contributed by atoms with E-state index in [-0.39, 0.29) is 6.04 Å². The van der Waals surface area contributed by atoms with Gasteiger partial charge in [-0.2, -0.15) is 4.98 Å². The topological polar surface area (TPSA) is 77.8 Å². The quantitative estimate of drug-likeness (QED) is 0.893. The minimum atomic E-state index is 0.211. The van der Waals surface area contributed by atoms with Crippen molar-refractivity contribution in [2.45, 2.75) is 46.1 Å². The van der Waals surface area contributed by atoms with Gasteiger partial charge in [-0.1, -0.05) is 11.2 Å². The molecule has 0 aliphatic heterocycles. The van der Waals surface area contributed by atoms with Crippen molar-refractivity contribution in [2.75, 3.05) is 0 Å². The highest BCUT2D eigenvalue weighted by Gasteiger charge is 2.12. The van der Waals surface area contributed by atoms with Crippen LogP contribution in [-0.2, 0) is 6.42 Å². The van der Waals surface area contributed by atoms with Crippen LogP contribution in [0.5, 0.6) is 0 Å². The first kappa shape index (κ1) is 13.7. The van der Waals surface area contributed by atoms with Gasteiger partial charge in [-0.15, -0.1) is 0 Å². The molecule has 2 rings (SSSR count). The Morgan fingerprint density at radius 1 is 1.37 bits per heavy atom. The van der Waals surface area contributed by atoms with Gasteiger partial charge >= 0.3 is 0 Å². The third-order valence-corrected chi connectivity index (χ3v) is 2.94. The fourth-order valence-electron chi connectivity index (χ4n) is 1.98. The molecule has 1 atom stereocenters. The van der Waals surface area contributed by atoms with Gasteiger partial charge < -0.3 is 10.3 Å². The summed E-state index contributed by atoms with van der Waals surface area (Å²) in [5.74, 6) is 1.21. The molecule has 0 spiro atoms. The molecular formula is C14H20N4O. The summed E-state index contributed by atoms with van der Waals surface area (Å²) in [6, 6.07) is 2.28. The Bertz CT molecular complexity index is 548. The molecule has 2 N–H and O–H groups in total. The van der Waals surface area contributed by atoms with E-state index in [1.54, 1.807) is 0 Å². The van der Waals surface area contributed by atoms with Crippen LogP contribution < -0.4 is 5.73 Å². The first-order valence-corrected chi connectivity index (χ1v) is 6.58. The lowest BCUT2D eigenvalue weighted by molar-refractivity contribution is 0.373. The first-order valence-electron chi connectivity index (χ1n) is 6.58. The smallest absolute Gasteiger partial charge is 0.227 e. The molecule has 2 aromatic heterocycles. The Hall–Kier alpha value is -1.75. The van der Waals surface area contributed by atoms with Crippen molar-refractivity contribution in [3.63, 3.8) is 0 Å². The molecule has 0 bridgehead atoms. The van der Waals surface area contributed by atoms with E-state index >= 15 is 0 Å². The van der Waals surface area contributed by atoms with Crippen LogP contribution in [0, 0.1) is 13.8 Å². The van der Waals surface area contributed by atoms with Crippen LogP contribution >= 0.6 is 0 Å². The molecular weight excluding hydrogens is 240 g/mol. The average Bonchev–Trinajstić information content (AvgIpc) is 2.77. The molecule has 0 aliphatic rings. The summed E-state index contributed by atoms with van der Waals surface area (Å²) in [7, 11) is 0. The lowest BCUT2D eigenvalue weighted by atomic mass is 10.1. The van der Waals surface area contributed by atoms with E-state index in [1.807, 2.05) is 27.0 Å². The normalized spacial score (nSPS) is 12.6. The van der Waals surface area contributed by atoms with Crippen LogP contribution in [0.2, 0.25) is 0 Å². The van der Waals surface area contributed by atoms with Crippen molar-refractivity contribution in [3.05, 3.63) is 29.3 Å². The van der Waals surface area contributed by atoms with Gasteiger partial charge in [0.15, 0.2) is 0 Å². The van der Waals surface area contributed by atoms with Crippen molar-refractivity contribution in [3.8, 4) is 11.5 Å². The second-order valence-corrected chi connectivity index (χ2v) is 5.06. The maximum Gasteiger partial charge on any atom is 0.227 e. The summed E-state index contributed by atoms with van der Waals surface area (Å²) in [5, 5.41) is 3.99. The highest BCUT2D eigenvalue weighted by Crippen LogP contribution is 2.19. The van der Waals surface area contributed by atoms with Gasteiger partial charge in [-0.25, -0.2) is 0 Å². The molecule has 0 radical (unpaired) electrons. The number of aromatic nitrogens is 3. The molecule has 0 saturated heterocycles. The van der Waals surface area contributed by atoms with Gasteiger partial charge in [0.25, 0.3) is 0 Å².